The van der Waals surface area contributed by atoms with E-state index in [1.54, 1.807) is 18.2 Å². The number of rotatable bonds is 5. The lowest BCUT2D eigenvalue weighted by Gasteiger charge is -2.18. The molecule has 32 heavy (non-hydrogen) atoms. The van der Waals surface area contributed by atoms with Crippen molar-refractivity contribution >= 4 is 35.0 Å². The molecule has 0 saturated carbocycles. The summed E-state index contributed by atoms with van der Waals surface area (Å²) in [6, 6.07) is 13.9. The van der Waals surface area contributed by atoms with E-state index >= 15 is 0 Å². The van der Waals surface area contributed by atoms with E-state index in [1.165, 1.54) is 36.4 Å². The SMILES string of the molecule is N#C/C(=C\c1ccc(-c2ccc(Cl)cc2[N+](=O)[O-])o1)C(=O)Nc1ccc2c(c1)OCCO2. The van der Waals surface area contributed by atoms with Crippen LogP contribution in [0, 0.1) is 21.4 Å². The van der Waals surface area contributed by atoms with Crippen molar-refractivity contribution in [3.05, 3.63) is 75.0 Å². The molecule has 0 unspecified atom stereocenters. The van der Waals surface area contributed by atoms with E-state index in [2.05, 4.69) is 5.32 Å². The number of carbonyl (C=O) groups excluding carboxylic acids is 1. The Bertz CT molecular complexity index is 1290. The molecule has 3 aromatic rings. The van der Waals surface area contributed by atoms with Gasteiger partial charge in [0.1, 0.15) is 36.4 Å². The summed E-state index contributed by atoms with van der Waals surface area (Å²) in [7, 11) is 0. The number of carbonyl (C=O) groups is 1. The number of ether oxygens (including phenoxy) is 2. The summed E-state index contributed by atoms with van der Waals surface area (Å²) < 4.78 is 16.5. The molecule has 0 saturated heterocycles. The molecule has 0 spiro atoms. The van der Waals surface area contributed by atoms with Crippen molar-refractivity contribution in [1.29, 1.82) is 5.26 Å². The molecular formula is C22H14ClN3O6. The lowest BCUT2D eigenvalue weighted by atomic mass is 10.1. The zero-order valence-corrected chi connectivity index (χ0v) is 17.1. The highest BCUT2D eigenvalue weighted by molar-refractivity contribution is 6.30. The molecule has 2 heterocycles. The van der Waals surface area contributed by atoms with Crippen LogP contribution in [0.15, 0.2) is 58.5 Å². The second kappa shape index (κ2) is 8.83. The van der Waals surface area contributed by atoms with E-state index in [9.17, 15) is 20.2 Å². The molecule has 2 aromatic carbocycles. The summed E-state index contributed by atoms with van der Waals surface area (Å²) in [5.74, 6) is 0.795. The van der Waals surface area contributed by atoms with Crippen molar-refractivity contribution < 1.29 is 23.6 Å². The fraction of sp³-hybridized carbons (Fsp3) is 0.0909. The molecule has 10 heteroatoms. The molecule has 9 nitrogen and oxygen atoms in total. The Morgan fingerprint density at radius 2 is 1.91 bits per heavy atom. The molecule has 1 amide bonds. The molecule has 0 atom stereocenters. The summed E-state index contributed by atoms with van der Waals surface area (Å²) in [6.45, 7) is 0.852. The number of nitro benzene ring substituents is 1. The quantitative estimate of drug-likeness (QED) is 0.255. The smallest absolute Gasteiger partial charge is 0.281 e. The van der Waals surface area contributed by atoms with Gasteiger partial charge in [-0.05, 0) is 36.4 Å². The molecule has 0 bridgehead atoms. The number of nitrogens with zero attached hydrogens (tertiary/aromatic N) is 2. The maximum Gasteiger partial charge on any atom is 0.281 e. The number of nitro groups is 1. The highest BCUT2D eigenvalue weighted by Gasteiger charge is 2.19. The van der Waals surface area contributed by atoms with Gasteiger partial charge in [0, 0.05) is 28.9 Å². The van der Waals surface area contributed by atoms with Gasteiger partial charge in [-0.15, -0.1) is 0 Å². The van der Waals surface area contributed by atoms with Crippen molar-refractivity contribution in [1.82, 2.24) is 0 Å². The number of hydrogen-bond donors (Lipinski definition) is 1. The van der Waals surface area contributed by atoms with Crippen LogP contribution in [0.4, 0.5) is 11.4 Å². The molecule has 1 N–H and O–H groups in total. The van der Waals surface area contributed by atoms with Crippen LogP contribution in [0.2, 0.25) is 5.02 Å². The largest absolute Gasteiger partial charge is 0.486 e. The Labute approximate surface area is 186 Å². The van der Waals surface area contributed by atoms with Crippen LogP contribution in [-0.2, 0) is 4.79 Å². The van der Waals surface area contributed by atoms with Gasteiger partial charge in [-0.2, -0.15) is 5.26 Å². The zero-order valence-electron chi connectivity index (χ0n) is 16.3. The summed E-state index contributed by atoms with van der Waals surface area (Å²) >= 11 is 5.84. The highest BCUT2D eigenvalue weighted by atomic mass is 35.5. The van der Waals surface area contributed by atoms with Gasteiger partial charge in [-0.25, -0.2) is 0 Å². The summed E-state index contributed by atoms with van der Waals surface area (Å²) in [4.78, 5) is 23.3. The molecule has 1 aliphatic rings. The number of amides is 1. The maximum atomic E-state index is 12.6. The fourth-order valence-corrected chi connectivity index (χ4v) is 3.22. The van der Waals surface area contributed by atoms with Crippen molar-refractivity contribution in [3.8, 4) is 28.9 Å². The van der Waals surface area contributed by atoms with E-state index in [0.717, 1.165) is 0 Å². The second-order valence-corrected chi connectivity index (χ2v) is 7.04. The third-order valence-corrected chi connectivity index (χ3v) is 4.74. The first kappa shape index (κ1) is 21.0. The topological polar surface area (TPSA) is 128 Å². The minimum Gasteiger partial charge on any atom is -0.486 e. The van der Waals surface area contributed by atoms with E-state index in [4.69, 9.17) is 25.5 Å². The van der Waals surface area contributed by atoms with Gasteiger partial charge in [-0.3, -0.25) is 14.9 Å². The second-order valence-electron chi connectivity index (χ2n) is 6.60. The van der Waals surface area contributed by atoms with Crippen LogP contribution in [0.5, 0.6) is 11.5 Å². The highest BCUT2D eigenvalue weighted by Crippen LogP contribution is 2.34. The minimum absolute atomic E-state index is 0.179. The Balaban J connectivity index is 1.56. The lowest BCUT2D eigenvalue weighted by Crippen LogP contribution is -2.17. The van der Waals surface area contributed by atoms with Gasteiger partial charge in [0.15, 0.2) is 11.5 Å². The van der Waals surface area contributed by atoms with Gasteiger partial charge in [0.25, 0.3) is 11.6 Å². The predicted octanol–water partition coefficient (Wildman–Crippen LogP) is 4.83. The first-order valence-electron chi connectivity index (χ1n) is 9.31. The first-order chi connectivity index (χ1) is 15.4. The Morgan fingerprint density at radius 1 is 1.12 bits per heavy atom. The monoisotopic (exact) mass is 451 g/mol. The van der Waals surface area contributed by atoms with Gasteiger partial charge >= 0.3 is 0 Å². The third-order valence-electron chi connectivity index (χ3n) is 4.50. The molecule has 160 valence electrons. The van der Waals surface area contributed by atoms with Crippen LogP contribution in [-0.4, -0.2) is 24.0 Å². The first-order valence-corrected chi connectivity index (χ1v) is 9.69. The van der Waals surface area contributed by atoms with E-state index < -0.39 is 10.8 Å². The molecule has 1 aromatic heterocycles. The molecule has 1 aliphatic heterocycles. The van der Waals surface area contributed by atoms with Gasteiger partial charge in [-0.1, -0.05) is 11.6 Å². The zero-order chi connectivity index (χ0) is 22.7. The number of hydrogen-bond acceptors (Lipinski definition) is 7. The predicted molar refractivity (Wildman–Crippen MR) is 115 cm³/mol. The number of benzene rings is 2. The number of furan rings is 1. The molecular weight excluding hydrogens is 438 g/mol. The van der Waals surface area contributed by atoms with Crippen LogP contribution in [0.3, 0.4) is 0 Å². The summed E-state index contributed by atoms with van der Waals surface area (Å²) in [6.07, 6.45) is 1.25. The van der Waals surface area contributed by atoms with E-state index in [-0.39, 0.29) is 33.4 Å². The van der Waals surface area contributed by atoms with Crippen LogP contribution in [0.1, 0.15) is 5.76 Å². The lowest BCUT2D eigenvalue weighted by molar-refractivity contribution is -0.384. The van der Waals surface area contributed by atoms with Crippen LogP contribution >= 0.6 is 11.6 Å². The molecule has 4 rings (SSSR count). The summed E-state index contributed by atoms with van der Waals surface area (Å²) in [5.41, 5.74) is 0.209. The Morgan fingerprint density at radius 3 is 2.66 bits per heavy atom. The fourth-order valence-electron chi connectivity index (χ4n) is 3.05. The average molecular weight is 452 g/mol. The van der Waals surface area contributed by atoms with E-state index in [1.807, 2.05) is 6.07 Å². The normalized spacial score (nSPS) is 12.7. The number of nitrogens with one attached hydrogen (secondary N) is 1. The standard InChI is InChI=1S/C22H14ClN3O6/c23-14-1-4-17(18(10-14)26(28)29)19-6-3-16(32-19)9-13(12-24)22(27)25-15-2-5-20-21(11-15)31-8-7-30-20/h1-6,9-11H,7-8H2,(H,25,27)/b13-9+. The van der Waals surface area contributed by atoms with Crippen molar-refractivity contribution in [2.45, 2.75) is 0 Å². The number of anilines is 1. The van der Waals surface area contributed by atoms with Crippen molar-refractivity contribution in [2.75, 3.05) is 18.5 Å². The number of nitriles is 1. The summed E-state index contributed by atoms with van der Waals surface area (Å²) in [5, 5.41) is 23.6. The van der Waals surface area contributed by atoms with Crippen molar-refractivity contribution in [2.24, 2.45) is 0 Å². The van der Waals surface area contributed by atoms with Gasteiger partial charge in [0.05, 0.1) is 10.5 Å². The third kappa shape index (κ3) is 4.40. The number of halogens is 1. The van der Waals surface area contributed by atoms with Crippen LogP contribution in [0.25, 0.3) is 17.4 Å². The van der Waals surface area contributed by atoms with Crippen LogP contribution < -0.4 is 14.8 Å². The Kier molecular flexibility index (Phi) is 5.79. The number of fused-ring (bicyclic) bond motifs is 1. The molecule has 0 aliphatic carbocycles. The average Bonchev–Trinajstić information content (AvgIpc) is 3.25. The minimum atomic E-state index is -0.653. The van der Waals surface area contributed by atoms with Gasteiger partial charge in [0.2, 0.25) is 0 Å². The molecule has 0 fully saturated rings. The molecule has 0 radical (unpaired) electrons. The maximum absolute atomic E-state index is 12.6. The Hall–Kier alpha value is -4.29. The van der Waals surface area contributed by atoms with E-state index in [0.29, 0.717) is 30.4 Å². The van der Waals surface area contributed by atoms with Gasteiger partial charge < -0.3 is 19.2 Å². The van der Waals surface area contributed by atoms with Crippen molar-refractivity contribution in [3.63, 3.8) is 0 Å².